The standard InChI is InChI=1S/C28H25F3N6O2S/c1-18(2)22-5-3-4-6-24(22)34-27(38)35-40-33-17-36-14-13-23-19(15-36)7-12-25-26(23)32-16-37(25)20-8-10-21(11-9-20)39-28(29,30)31/h3-18,25H,1-2H3,(H2,34,35,38). The summed E-state index contributed by atoms with van der Waals surface area (Å²) in [7, 11) is 0. The number of nitrogens with one attached hydrogen (secondary N) is 2. The second kappa shape index (κ2) is 11.3. The summed E-state index contributed by atoms with van der Waals surface area (Å²) in [4.78, 5) is 20.5. The Balaban J connectivity index is 1.17. The number of urea groups is 1. The van der Waals surface area contributed by atoms with Gasteiger partial charge in [0.25, 0.3) is 0 Å². The number of amides is 2. The van der Waals surface area contributed by atoms with E-state index in [4.69, 9.17) is 0 Å². The number of hydrogen-bond donors (Lipinski definition) is 2. The number of halogens is 3. The number of carbonyl (C=O) groups is 1. The monoisotopic (exact) mass is 566 g/mol. The number of alkyl halides is 3. The van der Waals surface area contributed by atoms with Gasteiger partial charge in [0.2, 0.25) is 0 Å². The highest BCUT2D eigenvalue weighted by Crippen LogP contribution is 2.37. The van der Waals surface area contributed by atoms with Gasteiger partial charge in [0.15, 0.2) is 0 Å². The Kier molecular flexibility index (Phi) is 7.69. The number of nitrogens with zero attached hydrogens (tertiary/aromatic N) is 4. The number of para-hydroxylation sites is 1. The molecule has 3 aliphatic rings. The van der Waals surface area contributed by atoms with Gasteiger partial charge in [0.05, 0.1) is 30.2 Å². The van der Waals surface area contributed by atoms with E-state index in [-0.39, 0.29) is 23.7 Å². The quantitative estimate of drug-likeness (QED) is 0.217. The molecule has 5 rings (SSSR count). The Labute approximate surface area is 233 Å². The first-order chi connectivity index (χ1) is 19.2. The molecule has 2 aromatic rings. The second-order valence-electron chi connectivity index (χ2n) is 9.25. The lowest BCUT2D eigenvalue weighted by Crippen LogP contribution is -2.31. The van der Waals surface area contributed by atoms with Crippen LogP contribution in [0.5, 0.6) is 5.75 Å². The number of ether oxygens (including phenoxy) is 1. The predicted molar refractivity (Wildman–Crippen MR) is 152 cm³/mol. The van der Waals surface area contributed by atoms with Gasteiger partial charge in [-0.25, -0.2) is 9.79 Å². The van der Waals surface area contributed by atoms with Crippen LogP contribution in [0.3, 0.4) is 0 Å². The highest BCUT2D eigenvalue weighted by atomic mass is 32.2. The van der Waals surface area contributed by atoms with E-state index < -0.39 is 6.36 Å². The third kappa shape index (κ3) is 6.23. The van der Waals surface area contributed by atoms with E-state index in [0.29, 0.717) is 5.69 Å². The molecule has 8 nitrogen and oxygen atoms in total. The van der Waals surface area contributed by atoms with Crippen molar-refractivity contribution in [2.45, 2.75) is 32.2 Å². The second-order valence-corrected chi connectivity index (χ2v) is 9.85. The fourth-order valence-corrected chi connectivity index (χ4v) is 4.78. The molecule has 0 saturated carbocycles. The molecule has 0 bridgehead atoms. The zero-order chi connectivity index (χ0) is 28.3. The number of benzene rings is 2. The van der Waals surface area contributed by atoms with Gasteiger partial charge in [0.1, 0.15) is 12.1 Å². The smallest absolute Gasteiger partial charge is 0.406 e. The highest BCUT2D eigenvalue weighted by molar-refractivity contribution is 7.96. The van der Waals surface area contributed by atoms with Crippen molar-refractivity contribution >= 4 is 42.2 Å². The molecule has 2 aliphatic heterocycles. The molecule has 2 heterocycles. The summed E-state index contributed by atoms with van der Waals surface area (Å²) in [6, 6.07) is 12.8. The Morgan fingerprint density at radius 1 is 1.15 bits per heavy atom. The van der Waals surface area contributed by atoms with Crippen LogP contribution in [-0.4, -0.2) is 36.0 Å². The first-order valence-corrected chi connectivity index (χ1v) is 13.1. The van der Waals surface area contributed by atoms with Crippen LogP contribution in [0.1, 0.15) is 25.3 Å². The van der Waals surface area contributed by atoms with Crippen LogP contribution in [0.25, 0.3) is 0 Å². The van der Waals surface area contributed by atoms with Crippen LogP contribution in [0.15, 0.2) is 105 Å². The molecule has 12 heteroatoms. The molecule has 0 radical (unpaired) electrons. The number of carbonyl (C=O) groups excluding carboxylic acids is 1. The summed E-state index contributed by atoms with van der Waals surface area (Å²) < 4.78 is 48.2. The molecular formula is C28H25F3N6O2S. The van der Waals surface area contributed by atoms with Crippen molar-refractivity contribution in [2.24, 2.45) is 9.39 Å². The van der Waals surface area contributed by atoms with E-state index >= 15 is 0 Å². The number of anilines is 2. The predicted octanol–water partition coefficient (Wildman–Crippen LogP) is 6.88. The summed E-state index contributed by atoms with van der Waals surface area (Å²) >= 11 is 0.906. The van der Waals surface area contributed by atoms with Crippen molar-refractivity contribution in [1.82, 2.24) is 9.62 Å². The Morgan fingerprint density at radius 2 is 1.93 bits per heavy atom. The lowest BCUT2D eigenvalue weighted by atomic mass is 9.93. The summed E-state index contributed by atoms with van der Waals surface area (Å²) in [5, 5.41) is 2.85. The van der Waals surface area contributed by atoms with Gasteiger partial charge in [0, 0.05) is 34.9 Å². The number of fused-ring (bicyclic) bond motifs is 2. The number of rotatable bonds is 7. The van der Waals surface area contributed by atoms with Crippen LogP contribution in [0, 0.1) is 0 Å². The van der Waals surface area contributed by atoms with E-state index in [1.165, 1.54) is 12.1 Å². The van der Waals surface area contributed by atoms with Crippen molar-refractivity contribution in [3.8, 4) is 5.75 Å². The van der Waals surface area contributed by atoms with E-state index in [9.17, 15) is 18.0 Å². The molecular weight excluding hydrogens is 541 g/mol. The van der Waals surface area contributed by atoms with Crippen molar-refractivity contribution in [3.63, 3.8) is 0 Å². The van der Waals surface area contributed by atoms with Gasteiger partial charge in [-0.1, -0.05) is 44.2 Å². The third-order valence-corrected chi connectivity index (χ3v) is 6.69. The van der Waals surface area contributed by atoms with E-state index in [2.05, 4.69) is 38.0 Å². The normalized spacial score (nSPS) is 17.9. The Hall–Kier alpha value is -4.45. The maximum atomic E-state index is 12.5. The lowest BCUT2D eigenvalue weighted by Gasteiger charge is -2.28. The summed E-state index contributed by atoms with van der Waals surface area (Å²) in [5.74, 6) is -0.00542. The van der Waals surface area contributed by atoms with Crippen LogP contribution >= 0.6 is 12.1 Å². The van der Waals surface area contributed by atoms with Crippen molar-refractivity contribution in [1.29, 1.82) is 0 Å². The summed E-state index contributed by atoms with van der Waals surface area (Å²) in [6.45, 7) is 4.13. The lowest BCUT2D eigenvalue weighted by molar-refractivity contribution is -0.274. The third-order valence-electron chi connectivity index (χ3n) is 6.22. The molecule has 2 amide bonds. The zero-order valence-electron chi connectivity index (χ0n) is 21.5. The van der Waals surface area contributed by atoms with E-state index in [0.717, 1.165) is 40.2 Å². The first kappa shape index (κ1) is 27.1. The molecule has 2 N–H and O–H groups in total. The fraction of sp³-hybridized carbons (Fsp3) is 0.179. The summed E-state index contributed by atoms with van der Waals surface area (Å²) in [5.41, 5.74) is 5.17. The molecule has 1 atom stereocenters. The zero-order valence-corrected chi connectivity index (χ0v) is 22.3. The van der Waals surface area contributed by atoms with Gasteiger partial charge in [-0.15, -0.1) is 13.2 Å². The van der Waals surface area contributed by atoms with E-state index in [1.54, 1.807) is 29.7 Å². The maximum absolute atomic E-state index is 12.5. The highest BCUT2D eigenvalue weighted by Gasteiger charge is 2.33. The molecule has 0 spiro atoms. The van der Waals surface area contributed by atoms with Crippen LogP contribution in [0.2, 0.25) is 0 Å². The minimum absolute atomic E-state index is 0.189. The molecule has 2 aromatic carbocycles. The summed E-state index contributed by atoms with van der Waals surface area (Å²) in [6.07, 6.45) is 8.07. The van der Waals surface area contributed by atoms with E-state index in [1.807, 2.05) is 59.8 Å². The number of allylic oxidation sites excluding steroid dienone is 4. The molecule has 0 fully saturated rings. The number of hydrogen-bond acceptors (Lipinski definition) is 6. The van der Waals surface area contributed by atoms with Crippen LogP contribution < -0.4 is 19.7 Å². The van der Waals surface area contributed by atoms with Crippen LogP contribution in [0.4, 0.5) is 29.3 Å². The van der Waals surface area contributed by atoms with Crippen molar-refractivity contribution < 1.29 is 22.7 Å². The SMILES string of the molecule is CC(C)c1ccccc1NC(=O)NSN=CN1C=CC2=C3N=CN(c4ccc(OC(F)(F)F)cc4)C3C=CC2=C1. The molecule has 40 heavy (non-hydrogen) atoms. The molecule has 206 valence electrons. The van der Waals surface area contributed by atoms with Crippen LogP contribution in [-0.2, 0) is 0 Å². The Bertz CT molecular complexity index is 1460. The van der Waals surface area contributed by atoms with Crippen molar-refractivity contribution in [2.75, 3.05) is 10.2 Å². The van der Waals surface area contributed by atoms with Gasteiger partial charge < -0.3 is 19.9 Å². The first-order valence-electron chi connectivity index (χ1n) is 12.3. The van der Waals surface area contributed by atoms with Gasteiger partial charge in [-0.05, 0) is 47.9 Å². The van der Waals surface area contributed by atoms with Gasteiger partial charge >= 0.3 is 12.4 Å². The minimum Gasteiger partial charge on any atom is -0.406 e. The average Bonchev–Trinajstić information content (AvgIpc) is 3.35. The molecule has 1 unspecified atom stereocenters. The van der Waals surface area contributed by atoms with Crippen molar-refractivity contribution in [3.05, 3.63) is 102 Å². The Morgan fingerprint density at radius 3 is 2.67 bits per heavy atom. The minimum atomic E-state index is -4.74. The topological polar surface area (TPSA) is 81.6 Å². The largest absolute Gasteiger partial charge is 0.573 e. The number of aliphatic imine (C=N–C) groups is 1. The molecule has 0 saturated heterocycles. The maximum Gasteiger partial charge on any atom is 0.573 e. The van der Waals surface area contributed by atoms with Gasteiger partial charge in [-0.3, -0.25) is 4.72 Å². The molecule has 1 aliphatic carbocycles. The van der Waals surface area contributed by atoms with Gasteiger partial charge in [-0.2, -0.15) is 4.40 Å². The molecule has 0 aromatic heterocycles. The fourth-order valence-electron chi connectivity index (χ4n) is 4.43. The average molecular weight is 567 g/mol.